The van der Waals surface area contributed by atoms with E-state index in [9.17, 15) is 0 Å². The summed E-state index contributed by atoms with van der Waals surface area (Å²) in [5.74, 6) is 0. The predicted octanol–water partition coefficient (Wildman–Crippen LogP) is 4.42. The SMILES string of the molecule is C1=CN(c2ccc3c(cnn3CCN3CCCC3)c2)CC=C1CCc1ccccn1. The van der Waals surface area contributed by atoms with Gasteiger partial charge < -0.3 is 9.80 Å². The van der Waals surface area contributed by atoms with Crippen molar-refractivity contribution in [3.63, 3.8) is 0 Å². The maximum atomic E-state index is 4.64. The molecule has 0 spiro atoms. The lowest BCUT2D eigenvalue weighted by Gasteiger charge is -2.23. The minimum Gasteiger partial charge on any atom is -0.344 e. The highest BCUT2D eigenvalue weighted by atomic mass is 15.3. The molecule has 1 saturated heterocycles. The second-order valence-electron chi connectivity index (χ2n) is 8.23. The van der Waals surface area contributed by atoms with Gasteiger partial charge in [-0.25, -0.2) is 0 Å². The van der Waals surface area contributed by atoms with Gasteiger partial charge in [0.25, 0.3) is 0 Å². The van der Waals surface area contributed by atoms with E-state index in [1.165, 1.54) is 48.1 Å². The summed E-state index contributed by atoms with van der Waals surface area (Å²) in [6.45, 7) is 5.45. The van der Waals surface area contributed by atoms with E-state index < -0.39 is 0 Å². The Hall–Kier alpha value is -2.92. The predicted molar refractivity (Wildman–Crippen MR) is 123 cm³/mol. The number of pyridine rings is 1. The first kappa shape index (κ1) is 19.1. The van der Waals surface area contributed by atoms with Crippen LogP contribution in [0.15, 0.2) is 72.7 Å². The van der Waals surface area contributed by atoms with Crippen molar-refractivity contribution in [3.05, 3.63) is 78.4 Å². The zero-order valence-electron chi connectivity index (χ0n) is 17.5. The molecule has 5 heteroatoms. The van der Waals surface area contributed by atoms with Crippen LogP contribution in [0.1, 0.15) is 25.0 Å². The summed E-state index contributed by atoms with van der Waals surface area (Å²) < 4.78 is 2.15. The number of nitrogens with zero attached hydrogens (tertiary/aromatic N) is 5. The quantitative estimate of drug-likeness (QED) is 0.589. The topological polar surface area (TPSA) is 37.2 Å². The van der Waals surface area contributed by atoms with E-state index in [0.29, 0.717) is 0 Å². The molecule has 3 aromatic rings. The van der Waals surface area contributed by atoms with E-state index in [1.54, 1.807) is 0 Å². The van der Waals surface area contributed by atoms with Crippen LogP contribution in [0.5, 0.6) is 0 Å². The van der Waals surface area contributed by atoms with Gasteiger partial charge in [-0.05, 0) is 80.8 Å². The molecule has 1 aromatic carbocycles. The van der Waals surface area contributed by atoms with E-state index in [2.05, 4.69) is 73.2 Å². The minimum absolute atomic E-state index is 0.905. The Morgan fingerprint density at radius 1 is 0.967 bits per heavy atom. The summed E-state index contributed by atoms with van der Waals surface area (Å²) in [7, 11) is 0. The van der Waals surface area contributed by atoms with Crippen LogP contribution < -0.4 is 4.90 Å². The number of fused-ring (bicyclic) bond motifs is 1. The Bertz CT molecular complexity index is 1040. The Labute approximate surface area is 178 Å². The lowest BCUT2D eigenvalue weighted by atomic mass is 10.1. The molecule has 0 saturated carbocycles. The van der Waals surface area contributed by atoms with Crippen LogP contribution in [-0.4, -0.2) is 45.8 Å². The molecule has 1 fully saturated rings. The molecular weight excluding hydrogens is 370 g/mol. The summed E-state index contributed by atoms with van der Waals surface area (Å²) in [4.78, 5) is 9.26. The summed E-state index contributed by atoms with van der Waals surface area (Å²) in [6.07, 6.45) is 15.3. The molecule has 2 aliphatic rings. The molecule has 0 bridgehead atoms. The van der Waals surface area contributed by atoms with Crippen molar-refractivity contribution < 1.29 is 0 Å². The van der Waals surface area contributed by atoms with Crippen molar-refractivity contribution >= 4 is 16.6 Å². The molecule has 5 nitrogen and oxygen atoms in total. The first-order valence-corrected chi connectivity index (χ1v) is 11.1. The second-order valence-corrected chi connectivity index (χ2v) is 8.23. The monoisotopic (exact) mass is 399 g/mol. The van der Waals surface area contributed by atoms with Crippen molar-refractivity contribution in [2.75, 3.05) is 31.1 Å². The van der Waals surface area contributed by atoms with Crippen LogP contribution in [0.25, 0.3) is 10.9 Å². The molecule has 0 atom stereocenters. The molecular formula is C25H29N5. The summed E-state index contributed by atoms with van der Waals surface area (Å²) in [5.41, 5.74) is 4.98. The lowest BCUT2D eigenvalue weighted by Crippen LogP contribution is -2.24. The summed E-state index contributed by atoms with van der Waals surface area (Å²) in [6, 6.07) is 12.8. The number of aryl methyl sites for hydroxylation is 1. The fraction of sp³-hybridized carbons (Fsp3) is 0.360. The van der Waals surface area contributed by atoms with Crippen molar-refractivity contribution in [1.82, 2.24) is 19.7 Å². The highest BCUT2D eigenvalue weighted by Gasteiger charge is 2.13. The first-order chi connectivity index (χ1) is 14.8. The maximum absolute atomic E-state index is 4.64. The van der Waals surface area contributed by atoms with Crippen molar-refractivity contribution in [2.24, 2.45) is 0 Å². The van der Waals surface area contributed by atoms with Crippen LogP contribution in [0.2, 0.25) is 0 Å². The number of allylic oxidation sites excluding steroid dienone is 2. The molecule has 0 aliphatic carbocycles. The lowest BCUT2D eigenvalue weighted by molar-refractivity contribution is 0.318. The zero-order chi connectivity index (χ0) is 20.2. The Morgan fingerprint density at radius 2 is 1.90 bits per heavy atom. The zero-order valence-corrected chi connectivity index (χ0v) is 17.5. The molecule has 5 rings (SSSR count). The van der Waals surface area contributed by atoms with Crippen LogP contribution >= 0.6 is 0 Å². The van der Waals surface area contributed by atoms with Gasteiger partial charge in [-0.1, -0.05) is 12.1 Å². The van der Waals surface area contributed by atoms with Gasteiger partial charge in [0.15, 0.2) is 0 Å². The van der Waals surface area contributed by atoms with E-state index in [4.69, 9.17) is 0 Å². The van der Waals surface area contributed by atoms with E-state index in [-0.39, 0.29) is 0 Å². The van der Waals surface area contributed by atoms with Crippen LogP contribution in [-0.2, 0) is 13.0 Å². The van der Waals surface area contributed by atoms with Gasteiger partial charge >= 0.3 is 0 Å². The van der Waals surface area contributed by atoms with Crippen molar-refractivity contribution in [2.45, 2.75) is 32.2 Å². The first-order valence-electron chi connectivity index (χ1n) is 11.1. The molecule has 4 heterocycles. The second kappa shape index (κ2) is 8.84. The third-order valence-corrected chi connectivity index (χ3v) is 6.20. The smallest absolute Gasteiger partial charge is 0.0684 e. The van der Waals surface area contributed by atoms with Gasteiger partial charge in [-0.15, -0.1) is 0 Å². The number of rotatable bonds is 7. The largest absolute Gasteiger partial charge is 0.344 e. The highest BCUT2D eigenvalue weighted by Crippen LogP contribution is 2.25. The Morgan fingerprint density at radius 3 is 2.70 bits per heavy atom. The molecule has 2 aliphatic heterocycles. The number of hydrogen-bond acceptors (Lipinski definition) is 4. The molecule has 0 N–H and O–H groups in total. The maximum Gasteiger partial charge on any atom is 0.0684 e. The average molecular weight is 400 g/mol. The third kappa shape index (κ3) is 4.31. The standard InChI is InChI=1S/C25H29N5/c1-2-12-26-23(5-1)7-6-21-10-15-29(16-11-21)24-8-9-25-22(19-24)20-27-30(25)18-17-28-13-3-4-14-28/h1-2,5,8-12,15,19-20H,3-4,6-7,13-14,16-18H2. The Kier molecular flexibility index (Phi) is 5.62. The van der Waals surface area contributed by atoms with Gasteiger partial charge in [0.1, 0.15) is 0 Å². The average Bonchev–Trinajstić information content (AvgIpc) is 3.47. The van der Waals surface area contributed by atoms with Crippen molar-refractivity contribution in [3.8, 4) is 0 Å². The number of anilines is 1. The summed E-state index contributed by atoms with van der Waals surface area (Å²) in [5, 5.41) is 5.86. The molecule has 0 unspecified atom stereocenters. The van der Waals surface area contributed by atoms with Gasteiger partial charge in [-0.3, -0.25) is 9.67 Å². The fourth-order valence-corrected chi connectivity index (χ4v) is 4.40. The molecule has 0 radical (unpaired) electrons. The normalized spacial score (nSPS) is 17.1. The van der Waals surface area contributed by atoms with E-state index >= 15 is 0 Å². The Balaban J connectivity index is 1.20. The van der Waals surface area contributed by atoms with Crippen molar-refractivity contribution in [1.29, 1.82) is 0 Å². The van der Waals surface area contributed by atoms with Gasteiger partial charge in [-0.2, -0.15) is 5.10 Å². The minimum atomic E-state index is 0.905. The van der Waals surface area contributed by atoms with E-state index in [0.717, 1.165) is 38.2 Å². The third-order valence-electron chi connectivity index (χ3n) is 6.20. The van der Waals surface area contributed by atoms with Gasteiger partial charge in [0.05, 0.1) is 18.3 Å². The number of aromatic nitrogens is 3. The van der Waals surface area contributed by atoms with E-state index in [1.807, 2.05) is 18.5 Å². The number of benzene rings is 1. The van der Waals surface area contributed by atoms with Gasteiger partial charge in [0.2, 0.25) is 0 Å². The van der Waals surface area contributed by atoms with Crippen LogP contribution in [0, 0.1) is 0 Å². The van der Waals surface area contributed by atoms with Crippen LogP contribution in [0.4, 0.5) is 5.69 Å². The summed E-state index contributed by atoms with van der Waals surface area (Å²) >= 11 is 0. The number of hydrogen-bond donors (Lipinski definition) is 0. The molecule has 30 heavy (non-hydrogen) atoms. The van der Waals surface area contributed by atoms with Crippen LogP contribution in [0.3, 0.4) is 0 Å². The highest BCUT2D eigenvalue weighted by molar-refractivity contribution is 5.83. The molecule has 0 amide bonds. The number of likely N-dealkylation sites (tertiary alicyclic amines) is 1. The fourth-order valence-electron chi connectivity index (χ4n) is 4.40. The van der Waals surface area contributed by atoms with Gasteiger partial charge in [0, 0.05) is 42.3 Å². The molecule has 154 valence electrons. The molecule has 2 aromatic heterocycles.